The van der Waals surface area contributed by atoms with Gasteiger partial charge in [-0.05, 0) is 35.7 Å². The predicted octanol–water partition coefficient (Wildman–Crippen LogP) is 4.87. The van der Waals surface area contributed by atoms with Crippen LogP contribution in [0.4, 0.5) is 0 Å². The molecule has 3 rings (SSSR count). The Hall–Kier alpha value is -2.40. The van der Waals surface area contributed by atoms with Gasteiger partial charge < -0.3 is 9.84 Å². The van der Waals surface area contributed by atoms with Gasteiger partial charge >= 0.3 is 0 Å². The molecule has 26 heavy (non-hydrogen) atoms. The van der Waals surface area contributed by atoms with E-state index in [-0.39, 0.29) is 41.7 Å². The monoisotopic (exact) mass is 414 g/mol. The molecule has 0 saturated heterocycles. The quantitative estimate of drug-likeness (QED) is 0.440. The third-order valence-corrected chi connectivity index (χ3v) is 4.82. The highest BCUT2D eigenvalue weighted by molar-refractivity contribution is 9.10. The zero-order chi connectivity index (χ0) is 18.7. The Bertz CT molecular complexity index is 848. The minimum absolute atomic E-state index is 0.0205. The van der Waals surface area contributed by atoms with Gasteiger partial charge in [0, 0.05) is 22.9 Å². The molecule has 134 valence electrons. The minimum atomic E-state index is -0.299. The van der Waals surface area contributed by atoms with Gasteiger partial charge in [-0.1, -0.05) is 47.1 Å². The molecule has 2 aromatic carbocycles. The van der Waals surface area contributed by atoms with Crippen molar-refractivity contribution >= 4 is 33.3 Å². The molecule has 1 N–H and O–H groups in total. The summed E-state index contributed by atoms with van der Waals surface area (Å²) in [6.45, 7) is 2.24. The molecule has 2 aromatic rings. The molecule has 0 aliphatic heterocycles. The van der Waals surface area contributed by atoms with E-state index in [1.54, 1.807) is 24.3 Å². The molecule has 0 heterocycles. The number of halogens is 1. The fourth-order valence-corrected chi connectivity index (χ4v) is 3.22. The summed E-state index contributed by atoms with van der Waals surface area (Å²) in [6, 6.07) is 14.6. The van der Waals surface area contributed by atoms with Crippen molar-refractivity contribution in [2.24, 2.45) is 5.92 Å². The number of aliphatic hydroxyl groups is 1. The number of carbonyl (C=O) groups excluding carboxylic acids is 2. The Morgan fingerprint density at radius 1 is 1.12 bits per heavy atom. The Balaban J connectivity index is 1.80. The standard InChI is InChI=1S/C21H19BrO4/c1-13-9-18(23)20(19(24)10-13)21(25)15-3-2-4-17(11-15)26-12-14-5-7-16(22)8-6-14/h2-8,11,13,25H,9-10,12H2,1H3. The van der Waals surface area contributed by atoms with Gasteiger partial charge in [-0.2, -0.15) is 0 Å². The lowest BCUT2D eigenvalue weighted by Gasteiger charge is -2.19. The maximum absolute atomic E-state index is 12.2. The fourth-order valence-electron chi connectivity index (χ4n) is 2.95. The summed E-state index contributed by atoms with van der Waals surface area (Å²) in [4.78, 5) is 24.4. The van der Waals surface area contributed by atoms with E-state index in [0.29, 0.717) is 17.9 Å². The van der Waals surface area contributed by atoms with Crippen LogP contribution in [-0.4, -0.2) is 16.7 Å². The van der Waals surface area contributed by atoms with E-state index in [9.17, 15) is 14.7 Å². The number of benzene rings is 2. The van der Waals surface area contributed by atoms with Crippen molar-refractivity contribution in [3.63, 3.8) is 0 Å². The van der Waals surface area contributed by atoms with Gasteiger partial charge in [-0.3, -0.25) is 9.59 Å². The molecule has 1 aliphatic rings. The van der Waals surface area contributed by atoms with Crippen molar-refractivity contribution < 1.29 is 19.4 Å². The normalized spacial score (nSPS) is 17.3. The summed E-state index contributed by atoms with van der Waals surface area (Å²) < 4.78 is 6.76. The number of Topliss-reactive ketones (excluding diaryl/α,β-unsaturated/α-hetero) is 2. The van der Waals surface area contributed by atoms with Gasteiger partial charge in [0.1, 0.15) is 23.7 Å². The van der Waals surface area contributed by atoms with E-state index in [1.807, 2.05) is 31.2 Å². The van der Waals surface area contributed by atoms with E-state index < -0.39 is 0 Å². The van der Waals surface area contributed by atoms with Crippen LogP contribution in [0.2, 0.25) is 0 Å². The second-order valence-corrected chi connectivity index (χ2v) is 7.44. The first-order valence-corrected chi connectivity index (χ1v) is 9.20. The van der Waals surface area contributed by atoms with Crippen molar-refractivity contribution in [3.05, 3.63) is 69.7 Å². The lowest BCUT2D eigenvalue weighted by atomic mass is 9.83. The van der Waals surface area contributed by atoms with Crippen molar-refractivity contribution in [3.8, 4) is 5.75 Å². The third-order valence-electron chi connectivity index (χ3n) is 4.29. The maximum atomic E-state index is 12.2. The van der Waals surface area contributed by atoms with Crippen LogP contribution >= 0.6 is 15.9 Å². The number of allylic oxidation sites excluding steroid dienone is 1. The Labute approximate surface area is 160 Å². The predicted molar refractivity (Wildman–Crippen MR) is 103 cm³/mol. The van der Waals surface area contributed by atoms with Crippen molar-refractivity contribution in [2.45, 2.75) is 26.4 Å². The first-order valence-electron chi connectivity index (χ1n) is 8.41. The Kier molecular flexibility index (Phi) is 5.57. The first kappa shape index (κ1) is 18.4. The molecule has 0 unspecified atom stereocenters. The van der Waals surface area contributed by atoms with Crippen LogP contribution in [0.1, 0.15) is 30.9 Å². The van der Waals surface area contributed by atoms with Gasteiger partial charge in [-0.15, -0.1) is 0 Å². The number of carbonyl (C=O) groups is 2. The minimum Gasteiger partial charge on any atom is -0.506 e. The molecular weight excluding hydrogens is 396 g/mol. The average molecular weight is 415 g/mol. The molecule has 1 saturated carbocycles. The number of hydrogen-bond acceptors (Lipinski definition) is 4. The lowest BCUT2D eigenvalue weighted by Crippen LogP contribution is -2.25. The summed E-state index contributed by atoms with van der Waals surface area (Å²) in [5.74, 6) is -0.283. The number of ether oxygens (including phenoxy) is 1. The highest BCUT2D eigenvalue weighted by Gasteiger charge is 2.31. The number of hydrogen-bond donors (Lipinski definition) is 1. The van der Waals surface area contributed by atoms with Gasteiger partial charge in [-0.25, -0.2) is 0 Å². The molecule has 4 nitrogen and oxygen atoms in total. The van der Waals surface area contributed by atoms with E-state index in [1.165, 1.54) is 0 Å². The highest BCUT2D eigenvalue weighted by atomic mass is 79.9. The zero-order valence-corrected chi connectivity index (χ0v) is 16.0. The van der Waals surface area contributed by atoms with Crippen LogP contribution in [0.15, 0.2) is 58.6 Å². The molecule has 1 aliphatic carbocycles. The molecular formula is C21H19BrO4. The van der Waals surface area contributed by atoms with Crippen LogP contribution in [0.3, 0.4) is 0 Å². The van der Waals surface area contributed by atoms with Gasteiger partial charge in [0.05, 0.1) is 0 Å². The van der Waals surface area contributed by atoms with Crippen LogP contribution in [0, 0.1) is 5.92 Å². The second kappa shape index (κ2) is 7.87. The van der Waals surface area contributed by atoms with Gasteiger partial charge in [0.2, 0.25) is 0 Å². The molecule has 0 bridgehead atoms. The molecule has 0 spiro atoms. The summed E-state index contributed by atoms with van der Waals surface area (Å²) in [5.41, 5.74) is 1.32. The van der Waals surface area contributed by atoms with Gasteiger partial charge in [0.15, 0.2) is 11.6 Å². The molecule has 0 aromatic heterocycles. The molecule has 0 atom stereocenters. The topological polar surface area (TPSA) is 63.6 Å². The average Bonchev–Trinajstić information content (AvgIpc) is 2.60. The maximum Gasteiger partial charge on any atom is 0.170 e. The van der Waals surface area contributed by atoms with E-state index in [2.05, 4.69) is 15.9 Å². The first-order chi connectivity index (χ1) is 12.4. The summed E-state index contributed by atoms with van der Waals surface area (Å²) in [7, 11) is 0. The van der Waals surface area contributed by atoms with E-state index >= 15 is 0 Å². The van der Waals surface area contributed by atoms with Crippen molar-refractivity contribution in [2.75, 3.05) is 0 Å². The summed E-state index contributed by atoms with van der Waals surface area (Å²) in [5, 5.41) is 10.5. The second-order valence-electron chi connectivity index (χ2n) is 6.53. The van der Waals surface area contributed by atoms with E-state index in [4.69, 9.17) is 4.74 Å². The Morgan fingerprint density at radius 2 is 1.77 bits per heavy atom. The lowest BCUT2D eigenvalue weighted by molar-refractivity contribution is -0.125. The van der Waals surface area contributed by atoms with Crippen LogP contribution < -0.4 is 4.74 Å². The number of aliphatic hydroxyl groups excluding tert-OH is 1. The fraction of sp³-hybridized carbons (Fsp3) is 0.238. The third kappa shape index (κ3) is 4.22. The molecule has 1 fully saturated rings. The SMILES string of the molecule is CC1CC(=O)C(=C(O)c2cccc(OCc3ccc(Br)cc3)c2)C(=O)C1. The zero-order valence-electron chi connectivity index (χ0n) is 14.4. The molecule has 5 heteroatoms. The molecule has 0 radical (unpaired) electrons. The Morgan fingerprint density at radius 3 is 2.42 bits per heavy atom. The van der Waals surface area contributed by atoms with Crippen LogP contribution in [0.5, 0.6) is 5.75 Å². The summed E-state index contributed by atoms with van der Waals surface area (Å²) in [6.07, 6.45) is 0.565. The van der Waals surface area contributed by atoms with Crippen LogP contribution in [-0.2, 0) is 16.2 Å². The highest BCUT2D eigenvalue weighted by Crippen LogP contribution is 2.29. The number of rotatable bonds is 4. The summed E-state index contributed by atoms with van der Waals surface area (Å²) >= 11 is 3.39. The van der Waals surface area contributed by atoms with E-state index in [0.717, 1.165) is 10.0 Å². The largest absolute Gasteiger partial charge is 0.506 e. The van der Waals surface area contributed by atoms with Gasteiger partial charge in [0.25, 0.3) is 0 Å². The van der Waals surface area contributed by atoms with Crippen LogP contribution in [0.25, 0.3) is 5.76 Å². The number of ketones is 2. The molecule has 0 amide bonds. The smallest absolute Gasteiger partial charge is 0.170 e. The van der Waals surface area contributed by atoms with Crippen molar-refractivity contribution in [1.82, 2.24) is 0 Å². The van der Waals surface area contributed by atoms with Crippen molar-refractivity contribution in [1.29, 1.82) is 0 Å².